The van der Waals surface area contributed by atoms with Gasteiger partial charge in [0.1, 0.15) is 17.2 Å². The Hall–Kier alpha value is -3.31. The van der Waals surface area contributed by atoms with Gasteiger partial charge in [-0.1, -0.05) is 35.6 Å². The summed E-state index contributed by atoms with van der Waals surface area (Å²) in [5.74, 6) is 5.68. The summed E-state index contributed by atoms with van der Waals surface area (Å²) in [5.41, 5.74) is 2.89. The second kappa shape index (κ2) is 9.45. The summed E-state index contributed by atoms with van der Waals surface area (Å²) in [5, 5.41) is -0.0774. The summed E-state index contributed by atoms with van der Waals surface area (Å²) in [6.45, 7) is 0. The summed E-state index contributed by atoms with van der Waals surface area (Å²) in [7, 11) is 1.55. The molecule has 1 unspecified atom stereocenters. The number of fused-ring (bicyclic) bond motifs is 1. The SMILES string of the molecule is COc1ccc(CC#Cc2ccc3c(c2)C(=O)/C(=C/c2ccc(F)c(Cl)c2)[S+]([O-])N3)cn1. The number of ketones is 1. The van der Waals surface area contributed by atoms with E-state index < -0.39 is 17.2 Å². The van der Waals surface area contributed by atoms with Crippen molar-refractivity contribution in [1.29, 1.82) is 0 Å². The first-order chi connectivity index (χ1) is 15.4. The van der Waals surface area contributed by atoms with Crippen molar-refractivity contribution in [2.45, 2.75) is 6.42 Å². The van der Waals surface area contributed by atoms with Gasteiger partial charge >= 0.3 is 0 Å². The van der Waals surface area contributed by atoms with E-state index in [4.69, 9.17) is 16.3 Å². The molecule has 2 aromatic carbocycles. The molecule has 1 aromatic heterocycles. The molecule has 0 saturated carbocycles. The van der Waals surface area contributed by atoms with E-state index in [1.165, 1.54) is 24.3 Å². The number of allylic oxidation sites excluding steroid dienone is 1. The largest absolute Gasteiger partial charge is 0.588 e. The second-order valence-electron chi connectivity index (χ2n) is 6.83. The van der Waals surface area contributed by atoms with E-state index in [1.807, 2.05) is 6.07 Å². The van der Waals surface area contributed by atoms with Crippen molar-refractivity contribution in [3.8, 4) is 17.7 Å². The minimum atomic E-state index is -1.75. The van der Waals surface area contributed by atoms with Crippen LogP contribution in [0.15, 0.2) is 59.6 Å². The van der Waals surface area contributed by atoms with Crippen LogP contribution >= 0.6 is 11.6 Å². The van der Waals surface area contributed by atoms with Gasteiger partial charge in [-0.15, -0.1) is 0 Å². The molecular formula is C24H16ClFN2O3S. The number of hydrogen-bond donors (Lipinski definition) is 1. The average Bonchev–Trinajstić information content (AvgIpc) is 2.80. The number of nitrogens with zero attached hydrogens (tertiary/aromatic N) is 1. The minimum Gasteiger partial charge on any atom is -0.588 e. The number of halogens is 2. The Morgan fingerprint density at radius 2 is 2.09 bits per heavy atom. The zero-order valence-corrected chi connectivity index (χ0v) is 18.4. The molecule has 0 fully saturated rings. The van der Waals surface area contributed by atoms with Gasteiger partial charge in [-0.2, -0.15) is 0 Å². The molecule has 8 heteroatoms. The van der Waals surface area contributed by atoms with Crippen LogP contribution in [0.3, 0.4) is 0 Å². The maximum atomic E-state index is 13.4. The first-order valence-corrected chi connectivity index (χ1v) is 11.0. The van der Waals surface area contributed by atoms with Crippen molar-refractivity contribution in [1.82, 2.24) is 4.98 Å². The quantitative estimate of drug-likeness (QED) is 0.341. The summed E-state index contributed by atoms with van der Waals surface area (Å²) in [6, 6.07) is 12.8. The van der Waals surface area contributed by atoms with E-state index in [0.717, 1.165) is 5.56 Å². The molecule has 160 valence electrons. The Morgan fingerprint density at radius 3 is 2.81 bits per heavy atom. The summed E-state index contributed by atoms with van der Waals surface area (Å²) < 4.78 is 33.8. The molecule has 0 saturated heterocycles. The fourth-order valence-corrected chi connectivity index (χ4v) is 4.23. The number of Topliss-reactive ketones (excluding diaryl/α,β-unsaturated/α-hetero) is 1. The number of methoxy groups -OCH3 is 1. The van der Waals surface area contributed by atoms with Crippen LogP contribution in [0.25, 0.3) is 6.08 Å². The predicted octanol–water partition coefficient (Wildman–Crippen LogP) is 4.79. The molecule has 0 bridgehead atoms. The van der Waals surface area contributed by atoms with Crippen molar-refractivity contribution >= 4 is 40.5 Å². The van der Waals surface area contributed by atoms with Gasteiger partial charge in [0.05, 0.1) is 23.4 Å². The summed E-state index contributed by atoms with van der Waals surface area (Å²) in [6.07, 6.45) is 3.62. The molecule has 4 rings (SSSR count). The average molecular weight is 467 g/mol. The van der Waals surface area contributed by atoms with Gasteiger partial charge in [0.25, 0.3) is 0 Å². The Labute approximate surface area is 192 Å². The number of carbonyl (C=O) groups excluding carboxylic acids is 1. The third kappa shape index (κ3) is 4.78. The number of nitrogens with one attached hydrogen (secondary N) is 1. The lowest BCUT2D eigenvalue weighted by Crippen LogP contribution is -2.27. The Balaban J connectivity index is 1.57. The van der Waals surface area contributed by atoms with E-state index in [9.17, 15) is 13.7 Å². The van der Waals surface area contributed by atoms with Gasteiger partial charge in [-0.25, -0.2) is 14.1 Å². The van der Waals surface area contributed by atoms with Crippen molar-refractivity contribution in [3.05, 3.63) is 92.7 Å². The van der Waals surface area contributed by atoms with Gasteiger partial charge in [0.15, 0.2) is 0 Å². The van der Waals surface area contributed by atoms with Crippen LogP contribution in [0.1, 0.15) is 27.0 Å². The molecule has 0 aliphatic carbocycles. The topological polar surface area (TPSA) is 74.3 Å². The third-order valence-corrected chi connectivity index (χ3v) is 6.06. The van der Waals surface area contributed by atoms with Crippen molar-refractivity contribution in [3.63, 3.8) is 0 Å². The van der Waals surface area contributed by atoms with Crippen LogP contribution in [-0.4, -0.2) is 22.4 Å². The minimum absolute atomic E-state index is 0.0505. The standard InChI is InChI=1S/C24H16ClFN2O3S/c1-31-23-10-7-16(14-27-23)4-2-3-15-6-9-21-18(11-15)24(29)22(32(30)28-21)13-17-5-8-20(26)19(25)12-17/h5-14,28H,4H2,1H3/b22-13-. The highest BCUT2D eigenvalue weighted by Crippen LogP contribution is 2.31. The molecule has 2 heterocycles. The van der Waals surface area contributed by atoms with Crippen molar-refractivity contribution in [2.75, 3.05) is 11.8 Å². The van der Waals surface area contributed by atoms with E-state index in [-0.39, 0.29) is 15.7 Å². The third-order valence-electron chi connectivity index (χ3n) is 4.66. The fraction of sp³-hybridized carbons (Fsp3) is 0.0833. The van der Waals surface area contributed by atoms with Gasteiger partial charge < -0.3 is 9.29 Å². The summed E-state index contributed by atoms with van der Waals surface area (Å²) >= 11 is 4.06. The second-order valence-corrected chi connectivity index (χ2v) is 8.42. The van der Waals surface area contributed by atoms with Crippen LogP contribution in [0, 0.1) is 17.7 Å². The maximum Gasteiger partial charge on any atom is 0.245 e. The number of benzene rings is 2. The van der Waals surface area contributed by atoms with Crippen LogP contribution < -0.4 is 9.46 Å². The highest BCUT2D eigenvalue weighted by molar-refractivity contribution is 7.97. The number of anilines is 1. The maximum absolute atomic E-state index is 13.4. The van der Waals surface area contributed by atoms with Gasteiger partial charge in [-0.05, 0) is 41.5 Å². The summed E-state index contributed by atoms with van der Waals surface area (Å²) in [4.78, 5) is 17.2. The molecule has 0 spiro atoms. The zero-order chi connectivity index (χ0) is 22.7. The van der Waals surface area contributed by atoms with Gasteiger partial charge in [0.2, 0.25) is 16.6 Å². The lowest BCUT2D eigenvalue weighted by atomic mass is 10.0. The highest BCUT2D eigenvalue weighted by atomic mass is 35.5. The van der Waals surface area contributed by atoms with E-state index >= 15 is 0 Å². The molecule has 0 amide bonds. The van der Waals surface area contributed by atoms with Crippen LogP contribution in [0.5, 0.6) is 5.88 Å². The molecule has 32 heavy (non-hydrogen) atoms. The molecule has 5 nitrogen and oxygen atoms in total. The molecule has 1 atom stereocenters. The number of rotatable bonds is 3. The van der Waals surface area contributed by atoms with Crippen molar-refractivity contribution in [2.24, 2.45) is 0 Å². The number of ether oxygens (including phenoxy) is 1. The van der Waals surface area contributed by atoms with Gasteiger partial charge in [0, 0.05) is 30.3 Å². The molecule has 1 aliphatic rings. The van der Waals surface area contributed by atoms with Crippen LogP contribution in [0.4, 0.5) is 10.1 Å². The van der Waals surface area contributed by atoms with Crippen LogP contribution in [0.2, 0.25) is 5.02 Å². The first-order valence-electron chi connectivity index (χ1n) is 9.46. The zero-order valence-electron chi connectivity index (χ0n) is 16.8. The van der Waals surface area contributed by atoms with Crippen molar-refractivity contribution < 1.29 is 18.5 Å². The van der Waals surface area contributed by atoms with Gasteiger partial charge in [-0.3, -0.25) is 4.79 Å². The van der Waals surface area contributed by atoms with E-state index in [0.29, 0.717) is 34.7 Å². The molecular weight excluding hydrogens is 451 g/mol. The normalized spacial score (nSPS) is 16.1. The molecule has 1 aliphatic heterocycles. The van der Waals surface area contributed by atoms with Crippen LogP contribution in [-0.2, 0) is 17.8 Å². The Bertz CT molecular complexity index is 1280. The Morgan fingerprint density at radius 1 is 1.25 bits per heavy atom. The van der Waals surface area contributed by atoms with E-state index in [1.54, 1.807) is 37.6 Å². The molecule has 3 aromatic rings. The highest BCUT2D eigenvalue weighted by Gasteiger charge is 2.33. The molecule has 0 radical (unpaired) electrons. The lowest BCUT2D eigenvalue weighted by Gasteiger charge is -2.21. The van der Waals surface area contributed by atoms with E-state index in [2.05, 4.69) is 21.5 Å². The predicted molar refractivity (Wildman–Crippen MR) is 123 cm³/mol. The fourth-order valence-electron chi connectivity index (χ4n) is 3.03. The first kappa shape index (κ1) is 21.9. The monoisotopic (exact) mass is 466 g/mol. The number of pyridine rings is 1. The molecule has 1 N–H and O–H groups in total. The Kier molecular flexibility index (Phi) is 6.47. The lowest BCUT2D eigenvalue weighted by molar-refractivity contribution is 0.104. The number of hydrogen-bond acceptors (Lipinski definition) is 5. The number of carbonyl (C=O) groups is 1. The number of aromatic nitrogens is 1. The smallest absolute Gasteiger partial charge is 0.245 e.